The highest BCUT2D eigenvalue weighted by Gasteiger charge is 2.49. The Morgan fingerprint density at radius 3 is 2.15 bits per heavy atom. The third kappa shape index (κ3) is 6.38. The Labute approximate surface area is 234 Å². The fourth-order valence-electron chi connectivity index (χ4n) is 5.77. The van der Waals surface area contributed by atoms with E-state index in [1.165, 1.54) is 17.0 Å². The third-order valence-electron chi connectivity index (χ3n) is 8.41. The first-order valence-electron chi connectivity index (χ1n) is 13.8. The molecule has 2 aliphatic rings. The fourth-order valence-corrected chi connectivity index (χ4v) is 6.03. The summed E-state index contributed by atoms with van der Waals surface area (Å²) in [5, 5.41) is 11.2. The molecule has 39 heavy (non-hydrogen) atoms. The standard InChI is InChI=1S/C30H38ClF2N3O3/c1-3-34(2)27(37)25-10-9-24(20-26(25)31)35-15-11-21(12-16-35)19-22-13-17-36(18-14-22)29(38)30(39,28(32)33)23-7-5-4-6-8-23/h4-10,20-22,28,39H,3,11-19H2,1-2H3/t30-/m0/s1. The van der Waals surface area contributed by atoms with E-state index in [0.717, 1.165) is 50.9 Å². The van der Waals surface area contributed by atoms with Crippen LogP contribution in [0.1, 0.15) is 54.9 Å². The average molecular weight is 562 g/mol. The largest absolute Gasteiger partial charge is 0.371 e. The van der Waals surface area contributed by atoms with E-state index in [1.54, 1.807) is 36.2 Å². The number of rotatable bonds is 8. The minimum atomic E-state index is -3.21. The second-order valence-corrected chi connectivity index (χ2v) is 11.2. The van der Waals surface area contributed by atoms with E-state index in [-0.39, 0.29) is 11.5 Å². The summed E-state index contributed by atoms with van der Waals surface area (Å²) in [6.45, 7) is 5.09. The lowest BCUT2D eigenvalue weighted by Crippen LogP contribution is -2.53. The molecule has 0 radical (unpaired) electrons. The van der Waals surface area contributed by atoms with Crippen LogP contribution in [0, 0.1) is 11.8 Å². The quantitative estimate of drug-likeness (QED) is 0.467. The van der Waals surface area contributed by atoms with Crippen LogP contribution < -0.4 is 4.90 Å². The van der Waals surface area contributed by atoms with Crippen molar-refractivity contribution in [2.45, 2.75) is 51.1 Å². The maximum atomic E-state index is 13.9. The van der Waals surface area contributed by atoms with Crippen molar-refractivity contribution in [3.8, 4) is 0 Å². The molecule has 4 rings (SSSR count). The lowest BCUT2D eigenvalue weighted by Gasteiger charge is -2.39. The Hall–Kier alpha value is -2.71. The molecule has 0 saturated carbocycles. The zero-order valence-electron chi connectivity index (χ0n) is 22.7. The van der Waals surface area contributed by atoms with Crippen molar-refractivity contribution < 1.29 is 23.5 Å². The first-order chi connectivity index (χ1) is 18.6. The first kappa shape index (κ1) is 29.3. The summed E-state index contributed by atoms with van der Waals surface area (Å²) in [6, 6.07) is 13.1. The van der Waals surface area contributed by atoms with Gasteiger partial charge < -0.3 is 19.8 Å². The Balaban J connectivity index is 1.27. The SMILES string of the molecule is CCN(C)C(=O)c1ccc(N2CCC(CC3CCN(C(=O)[C@](O)(c4ccccc4)C(F)F)CC3)CC2)cc1Cl. The van der Waals surface area contributed by atoms with Gasteiger partial charge in [0.05, 0.1) is 10.6 Å². The predicted molar refractivity (Wildman–Crippen MR) is 149 cm³/mol. The van der Waals surface area contributed by atoms with E-state index in [0.29, 0.717) is 42.1 Å². The number of likely N-dealkylation sites (tertiary alicyclic amines) is 1. The lowest BCUT2D eigenvalue weighted by atomic mass is 9.82. The van der Waals surface area contributed by atoms with Gasteiger partial charge in [-0.25, -0.2) is 8.78 Å². The zero-order valence-corrected chi connectivity index (χ0v) is 23.4. The van der Waals surface area contributed by atoms with Crippen LogP contribution in [0.5, 0.6) is 0 Å². The second-order valence-electron chi connectivity index (χ2n) is 10.8. The summed E-state index contributed by atoms with van der Waals surface area (Å²) >= 11 is 6.46. The monoisotopic (exact) mass is 561 g/mol. The minimum Gasteiger partial charge on any atom is -0.371 e. The Bertz CT molecular complexity index is 1140. The van der Waals surface area contributed by atoms with Crippen molar-refractivity contribution in [3.05, 3.63) is 64.7 Å². The van der Waals surface area contributed by atoms with Crippen LogP contribution in [0.3, 0.4) is 0 Å². The Morgan fingerprint density at radius 2 is 1.62 bits per heavy atom. The smallest absolute Gasteiger partial charge is 0.280 e. The zero-order chi connectivity index (χ0) is 28.2. The van der Waals surface area contributed by atoms with Crippen LogP contribution in [0.15, 0.2) is 48.5 Å². The molecule has 2 aromatic carbocycles. The molecule has 2 aromatic rings. The molecule has 0 aliphatic carbocycles. The maximum absolute atomic E-state index is 13.9. The van der Waals surface area contributed by atoms with Crippen molar-refractivity contribution in [3.63, 3.8) is 0 Å². The number of halogens is 3. The molecule has 2 amide bonds. The number of benzene rings is 2. The van der Waals surface area contributed by atoms with Gasteiger partial charge in [-0.1, -0.05) is 41.9 Å². The van der Waals surface area contributed by atoms with Gasteiger partial charge in [0, 0.05) is 45.5 Å². The Morgan fingerprint density at radius 1 is 1.03 bits per heavy atom. The van der Waals surface area contributed by atoms with Gasteiger partial charge in [-0.05, 0) is 74.6 Å². The fraction of sp³-hybridized carbons (Fsp3) is 0.533. The molecule has 2 fully saturated rings. The van der Waals surface area contributed by atoms with Crippen LogP contribution in [-0.4, -0.2) is 72.9 Å². The van der Waals surface area contributed by atoms with Crippen molar-refractivity contribution in [1.29, 1.82) is 0 Å². The molecule has 2 saturated heterocycles. The molecule has 0 unspecified atom stereocenters. The molecule has 1 N–H and O–H groups in total. The summed E-state index contributed by atoms with van der Waals surface area (Å²) in [4.78, 5) is 30.8. The van der Waals surface area contributed by atoms with Crippen LogP contribution in [0.4, 0.5) is 14.5 Å². The number of aliphatic hydroxyl groups is 1. The van der Waals surface area contributed by atoms with Crippen LogP contribution in [-0.2, 0) is 10.4 Å². The summed E-state index contributed by atoms with van der Waals surface area (Å²) in [7, 11) is 1.76. The van der Waals surface area contributed by atoms with Gasteiger partial charge in [0.25, 0.3) is 18.2 Å². The second kappa shape index (κ2) is 12.6. The van der Waals surface area contributed by atoms with Crippen LogP contribution >= 0.6 is 11.6 Å². The van der Waals surface area contributed by atoms with Crippen molar-refractivity contribution in [2.75, 3.05) is 44.7 Å². The first-order valence-corrected chi connectivity index (χ1v) is 14.2. The predicted octanol–water partition coefficient (Wildman–Crippen LogP) is 5.43. The van der Waals surface area contributed by atoms with E-state index in [4.69, 9.17) is 11.6 Å². The van der Waals surface area contributed by atoms with E-state index in [9.17, 15) is 23.5 Å². The van der Waals surface area contributed by atoms with E-state index in [1.807, 2.05) is 19.1 Å². The molecule has 212 valence electrons. The molecule has 1 atom stereocenters. The van der Waals surface area contributed by atoms with Crippen molar-refractivity contribution in [2.24, 2.45) is 11.8 Å². The summed E-state index contributed by atoms with van der Waals surface area (Å²) in [6.07, 6.45) is 1.41. The van der Waals surface area contributed by atoms with Gasteiger partial charge in [-0.3, -0.25) is 9.59 Å². The highest BCUT2D eigenvalue weighted by Crippen LogP contribution is 2.35. The number of carbonyl (C=O) groups excluding carboxylic acids is 2. The molecule has 0 aromatic heterocycles. The van der Waals surface area contributed by atoms with Crippen molar-refractivity contribution in [1.82, 2.24) is 9.80 Å². The minimum absolute atomic E-state index is 0.0743. The maximum Gasteiger partial charge on any atom is 0.280 e. The number of piperidine rings is 2. The van der Waals surface area contributed by atoms with Gasteiger partial charge in [0.15, 0.2) is 0 Å². The molecule has 2 heterocycles. The highest BCUT2D eigenvalue weighted by atomic mass is 35.5. The van der Waals surface area contributed by atoms with Gasteiger partial charge in [-0.2, -0.15) is 0 Å². The average Bonchev–Trinajstić information content (AvgIpc) is 2.96. The molecular weight excluding hydrogens is 524 g/mol. The number of hydrogen-bond donors (Lipinski definition) is 1. The number of anilines is 1. The summed E-state index contributed by atoms with van der Waals surface area (Å²) in [5.74, 6) is -0.00904. The lowest BCUT2D eigenvalue weighted by molar-refractivity contribution is -0.173. The molecule has 6 nitrogen and oxygen atoms in total. The number of carbonyl (C=O) groups is 2. The molecule has 9 heteroatoms. The number of hydrogen-bond acceptors (Lipinski definition) is 4. The molecule has 0 bridgehead atoms. The molecule has 2 aliphatic heterocycles. The topological polar surface area (TPSA) is 64.1 Å². The van der Waals surface area contributed by atoms with Crippen LogP contribution in [0.2, 0.25) is 5.02 Å². The normalized spacial score (nSPS) is 18.7. The highest BCUT2D eigenvalue weighted by molar-refractivity contribution is 6.34. The third-order valence-corrected chi connectivity index (χ3v) is 8.72. The van der Waals surface area contributed by atoms with Crippen LogP contribution in [0.25, 0.3) is 0 Å². The van der Waals surface area contributed by atoms with Gasteiger partial charge >= 0.3 is 0 Å². The van der Waals surface area contributed by atoms with E-state index in [2.05, 4.69) is 4.90 Å². The summed E-state index contributed by atoms with van der Waals surface area (Å²) in [5.41, 5.74) is -1.36. The van der Waals surface area contributed by atoms with E-state index < -0.39 is 17.9 Å². The summed E-state index contributed by atoms with van der Waals surface area (Å²) < 4.78 is 27.8. The molecule has 0 spiro atoms. The number of nitrogens with zero attached hydrogens (tertiary/aromatic N) is 3. The number of amides is 2. The van der Waals surface area contributed by atoms with Gasteiger partial charge in [-0.15, -0.1) is 0 Å². The Kier molecular flexibility index (Phi) is 9.49. The van der Waals surface area contributed by atoms with Crippen molar-refractivity contribution >= 4 is 29.1 Å². The number of alkyl halides is 2. The molecular formula is C30H38ClF2N3O3. The van der Waals surface area contributed by atoms with Gasteiger partial charge in [0.2, 0.25) is 5.60 Å². The van der Waals surface area contributed by atoms with Gasteiger partial charge in [0.1, 0.15) is 0 Å². The van der Waals surface area contributed by atoms with E-state index >= 15 is 0 Å².